The molecular weight excluding hydrogens is 701 g/mol. The largest absolute Gasteiger partial charge is 0.478 e. The van der Waals surface area contributed by atoms with Gasteiger partial charge in [-0.05, 0) is 37.6 Å². The Morgan fingerprint density at radius 2 is 1.94 bits per heavy atom. The summed E-state index contributed by atoms with van der Waals surface area (Å²) in [5.74, 6) is -3.94. The molecule has 2 amide bonds. The van der Waals surface area contributed by atoms with Gasteiger partial charge in [-0.1, -0.05) is 17.3 Å². The summed E-state index contributed by atoms with van der Waals surface area (Å²) in [7, 11) is 0. The van der Waals surface area contributed by atoms with E-state index in [0.29, 0.717) is 12.1 Å². The smallest absolute Gasteiger partial charge is 0.352 e. The lowest BCUT2D eigenvalue weighted by Gasteiger charge is -2.49. The number of guanidine groups is 1. The normalized spacial score (nSPS) is 17.5. The Morgan fingerprint density at radius 1 is 1.20 bits per heavy atom. The number of hydrogen-bond donors (Lipinski definition) is 7. The molecule has 0 saturated carbocycles. The number of nitrogen functional groups attached to an aromatic ring is 1. The summed E-state index contributed by atoms with van der Waals surface area (Å²) in [6.45, 7) is 3.32. The number of oxime groups is 1. The summed E-state index contributed by atoms with van der Waals surface area (Å²) >= 11 is 2.33. The maximum Gasteiger partial charge on any atom is 0.352 e. The van der Waals surface area contributed by atoms with Gasteiger partial charge in [-0.2, -0.15) is 0 Å². The van der Waals surface area contributed by atoms with Gasteiger partial charge >= 0.3 is 11.9 Å². The van der Waals surface area contributed by atoms with E-state index in [1.54, 1.807) is 0 Å². The number of carboxylic acid groups (broad SMARTS) is 2. The summed E-state index contributed by atoms with van der Waals surface area (Å²) in [5, 5.41) is 37.9. The van der Waals surface area contributed by atoms with E-state index >= 15 is 0 Å². The van der Waals surface area contributed by atoms with Crippen LogP contribution in [-0.2, 0) is 37.1 Å². The lowest BCUT2D eigenvalue weighted by molar-refractivity contribution is -0.687. The fraction of sp³-hybridized carbons (Fsp3) is 0.250. The van der Waals surface area contributed by atoms with E-state index in [2.05, 4.69) is 25.3 Å². The number of anilines is 2. The minimum atomic E-state index is -1.78. The van der Waals surface area contributed by atoms with Gasteiger partial charge < -0.3 is 41.7 Å². The highest BCUT2D eigenvalue weighted by atomic mass is 32.2. The Balaban J connectivity index is 1.17. The molecule has 0 radical (unpaired) electrons. The van der Waals surface area contributed by atoms with Crippen LogP contribution in [0.3, 0.4) is 0 Å². The summed E-state index contributed by atoms with van der Waals surface area (Å²) in [5.41, 5.74) is 12.1. The fourth-order valence-corrected chi connectivity index (χ4v) is 7.39. The van der Waals surface area contributed by atoms with Crippen molar-refractivity contribution in [2.75, 3.05) is 16.8 Å². The molecule has 19 heteroatoms. The highest BCUT2D eigenvalue weighted by molar-refractivity contribution is 8.00. The SMILES string of the molecule is CC(C)(O/N=C(\C(=O)N[C@@H]1C(=O)N2C(C(=O)O)=C(C[n+]3ccc4c(ccn4Cc4ccc(NC(=N)N)cc4)c3)CS[C@H]12)c1csc(N)n1)C(=O)O. The van der Waals surface area contributed by atoms with E-state index in [0.717, 1.165) is 33.5 Å². The highest BCUT2D eigenvalue weighted by Gasteiger charge is 2.55. The average molecular weight is 734 g/mol. The number of benzene rings is 1. The fourth-order valence-electron chi connectivity index (χ4n) is 5.51. The Hall–Kier alpha value is -5.95. The third kappa shape index (κ3) is 7.19. The topological polar surface area (TPSA) is 255 Å². The van der Waals surface area contributed by atoms with E-state index in [1.165, 1.54) is 35.9 Å². The van der Waals surface area contributed by atoms with E-state index in [9.17, 15) is 29.4 Å². The predicted molar refractivity (Wildman–Crippen MR) is 189 cm³/mol. The molecule has 0 bridgehead atoms. The van der Waals surface area contributed by atoms with Crippen molar-refractivity contribution in [3.63, 3.8) is 0 Å². The number of thiazole rings is 1. The van der Waals surface area contributed by atoms with E-state index < -0.39 is 40.8 Å². The molecule has 9 N–H and O–H groups in total. The molecule has 6 rings (SSSR count). The number of β-lactam (4-membered cyclic amide) rings is 1. The summed E-state index contributed by atoms with van der Waals surface area (Å²) in [6.07, 6.45) is 5.73. The lowest BCUT2D eigenvalue weighted by Crippen LogP contribution is -2.71. The maximum atomic E-state index is 13.4. The molecule has 264 valence electrons. The van der Waals surface area contributed by atoms with Crippen LogP contribution >= 0.6 is 23.1 Å². The van der Waals surface area contributed by atoms with Gasteiger partial charge in [0, 0.05) is 41.2 Å². The Bertz CT molecular complexity index is 2140. The molecule has 0 aliphatic carbocycles. The van der Waals surface area contributed by atoms with Gasteiger partial charge in [0.1, 0.15) is 22.8 Å². The standard InChI is InChI=1S/C32H32N10O7S2/c1-32(2,29(47)48)49-39-22(20-15-51-31(35)37-20)25(43)38-23-26(44)42-24(28(45)46)18(14-50-27(23)42)13-40-9-8-21-17(12-40)7-10-41(21)11-16-3-5-19(6-4-16)36-30(33)34/h3-10,12,15,23,27H,11,13-14H2,1-2H3,(H8-,33,34,35,36,37,38,43,45,46,47,48)/p+1/b39-22-/t23-,27-/m1/s1. The van der Waals surface area contributed by atoms with Gasteiger partial charge in [0.2, 0.25) is 5.60 Å². The van der Waals surface area contributed by atoms with Crippen molar-refractivity contribution in [1.82, 2.24) is 19.8 Å². The summed E-state index contributed by atoms with van der Waals surface area (Å²) in [4.78, 5) is 61.2. The molecule has 4 aromatic rings. The van der Waals surface area contributed by atoms with Crippen LogP contribution in [0.2, 0.25) is 0 Å². The van der Waals surface area contributed by atoms with Crippen molar-refractivity contribution in [3.8, 4) is 0 Å². The number of nitrogens with zero attached hydrogens (tertiary/aromatic N) is 5. The molecule has 51 heavy (non-hydrogen) atoms. The van der Waals surface area contributed by atoms with Crippen molar-refractivity contribution in [2.45, 2.75) is 44.0 Å². The van der Waals surface area contributed by atoms with Crippen LogP contribution in [0.15, 0.2) is 76.8 Å². The van der Waals surface area contributed by atoms with Gasteiger partial charge in [-0.3, -0.25) is 19.9 Å². The first-order chi connectivity index (χ1) is 24.2. The number of nitrogens with one attached hydrogen (secondary N) is 3. The first-order valence-electron chi connectivity index (χ1n) is 15.3. The molecule has 17 nitrogen and oxygen atoms in total. The predicted octanol–water partition coefficient (Wildman–Crippen LogP) is 1.34. The lowest BCUT2D eigenvalue weighted by atomic mass is 10.0. The van der Waals surface area contributed by atoms with Gasteiger partial charge in [0.05, 0.1) is 10.9 Å². The molecule has 1 saturated heterocycles. The number of carbonyl (C=O) groups excluding carboxylic acids is 2. The molecule has 0 unspecified atom stereocenters. The highest BCUT2D eigenvalue weighted by Crippen LogP contribution is 2.40. The number of aliphatic carboxylic acids is 2. The monoisotopic (exact) mass is 733 g/mol. The van der Waals surface area contributed by atoms with Crippen molar-refractivity contribution in [3.05, 3.63) is 82.9 Å². The summed E-state index contributed by atoms with van der Waals surface area (Å²) < 4.78 is 3.94. The number of nitrogens with two attached hydrogens (primary N) is 2. The first kappa shape index (κ1) is 34.9. The first-order valence-corrected chi connectivity index (χ1v) is 17.2. The second-order valence-electron chi connectivity index (χ2n) is 12.2. The van der Waals surface area contributed by atoms with Crippen molar-refractivity contribution in [2.24, 2.45) is 10.9 Å². The number of pyridine rings is 1. The van der Waals surface area contributed by atoms with Crippen molar-refractivity contribution >= 4 is 80.2 Å². The molecular formula is C32H33N10O7S2+. The molecule has 5 heterocycles. The van der Waals surface area contributed by atoms with E-state index in [4.69, 9.17) is 21.7 Å². The number of hydrogen-bond acceptors (Lipinski definition) is 11. The average Bonchev–Trinajstić information content (AvgIpc) is 3.69. The summed E-state index contributed by atoms with van der Waals surface area (Å²) in [6, 6.07) is 10.4. The van der Waals surface area contributed by atoms with Gasteiger partial charge in [0.15, 0.2) is 35.7 Å². The number of fused-ring (bicyclic) bond motifs is 2. The second-order valence-corrected chi connectivity index (χ2v) is 14.2. The Labute approximate surface area is 298 Å². The van der Waals surface area contributed by atoms with Crippen LogP contribution in [0.4, 0.5) is 10.8 Å². The Kier molecular flexibility index (Phi) is 9.41. The van der Waals surface area contributed by atoms with Crippen LogP contribution in [0.1, 0.15) is 25.1 Å². The quantitative estimate of drug-likeness (QED) is 0.0358. The van der Waals surface area contributed by atoms with Crippen molar-refractivity contribution in [1.29, 1.82) is 5.41 Å². The molecule has 0 spiro atoms. The molecule has 2 aliphatic heterocycles. The number of thioether (sulfide) groups is 1. The van der Waals surface area contributed by atoms with Crippen molar-refractivity contribution < 1.29 is 38.8 Å². The number of carboxylic acids is 2. The van der Waals surface area contributed by atoms with E-state index in [1.807, 2.05) is 59.6 Å². The van der Waals surface area contributed by atoms with Crippen LogP contribution in [0, 0.1) is 5.41 Å². The van der Waals surface area contributed by atoms with Gasteiger partial charge in [-0.25, -0.2) is 19.1 Å². The second kappa shape index (κ2) is 13.8. The number of rotatable bonds is 12. The number of carbonyl (C=O) groups is 4. The maximum absolute atomic E-state index is 13.4. The van der Waals surface area contributed by atoms with Crippen LogP contribution in [0.5, 0.6) is 0 Å². The third-order valence-electron chi connectivity index (χ3n) is 8.12. The van der Waals surface area contributed by atoms with Crippen LogP contribution < -0.4 is 26.7 Å². The minimum Gasteiger partial charge on any atom is -0.478 e. The van der Waals surface area contributed by atoms with Gasteiger partial charge in [0.25, 0.3) is 11.8 Å². The number of aromatic nitrogens is 3. The zero-order chi connectivity index (χ0) is 36.6. The molecule has 1 fully saturated rings. The van der Waals surface area contributed by atoms with Crippen LogP contribution in [0.25, 0.3) is 10.9 Å². The molecule has 2 atom stereocenters. The van der Waals surface area contributed by atoms with E-state index in [-0.39, 0.29) is 40.5 Å². The molecule has 1 aromatic carbocycles. The zero-order valence-electron chi connectivity index (χ0n) is 27.2. The Morgan fingerprint density at radius 3 is 2.59 bits per heavy atom. The molecule has 3 aromatic heterocycles. The minimum absolute atomic E-state index is 0.0196. The molecule has 2 aliphatic rings. The van der Waals surface area contributed by atoms with Crippen LogP contribution in [-0.4, -0.2) is 82.9 Å². The van der Waals surface area contributed by atoms with Gasteiger partial charge in [-0.15, -0.1) is 23.1 Å². The third-order valence-corrected chi connectivity index (χ3v) is 10.1. The number of amides is 2. The zero-order valence-corrected chi connectivity index (χ0v) is 28.8.